The van der Waals surface area contributed by atoms with Crippen LogP contribution in [0.5, 0.6) is 11.5 Å². The number of aromatic nitrogens is 2. The third-order valence-electron chi connectivity index (χ3n) is 4.06. The smallest absolute Gasteiger partial charge is 0.252 e. The van der Waals surface area contributed by atoms with Crippen LogP contribution in [0.15, 0.2) is 47.1 Å². The normalized spacial score (nSPS) is 10.4. The fourth-order valence-electron chi connectivity index (χ4n) is 2.62. The summed E-state index contributed by atoms with van der Waals surface area (Å²) < 4.78 is 15.5. The van der Waals surface area contributed by atoms with Crippen LogP contribution < -0.4 is 20.1 Å². The van der Waals surface area contributed by atoms with E-state index in [0.717, 1.165) is 5.56 Å². The van der Waals surface area contributed by atoms with Gasteiger partial charge in [-0.15, -0.1) is 0 Å². The molecule has 0 aliphatic rings. The van der Waals surface area contributed by atoms with Gasteiger partial charge in [-0.25, -0.2) is 4.98 Å². The Balaban J connectivity index is 1.52. The number of hydrogen-bond donors (Lipinski definition) is 2. The second-order valence-electron chi connectivity index (χ2n) is 6.08. The summed E-state index contributed by atoms with van der Waals surface area (Å²) in [5.74, 6) is 3.01. The third-order valence-corrected chi connectivity index (χ3v) is 4.06. The summed E-state index contributed by atoms with van der Waals surface area (Å²) in [4.78, 5) is 16.5. The molecule has 0 spiro atoms. The van der Waals surface area contributed by atoms with E-state index in [-0.39, 0.29) is 5.91 Å². The molecule has 2 aromatic heterocycles. The highest BCUT2D eigenvalue weighted by Crippen LogP contribution is 2.27. The quantitative estimate of drug-likeness (QED) is 0.618. The number of nitrogens with one attached hydrogen (secondary N) is 2. The van der Waals surface area contributed by atoms with Crippen molar-refractivity contribution in [3.63, 3.8) is 0 Å². The Morgan fingerprint density at radius 2 is 1.89 bits per heavy atom. The average molecular weight is 382 g/mol. The number of aryl methyl sites for hydroxylation is 1. The molecule has 8 heteroatoms. The van der Waals surface area contributed by atoms with Crippen molar-refractivity contribution in [3.8, 4) is 11.5 Å². The number of anilines is 2. The maximum Gasteiger partial charge on any atom is 0.252 e. The predicted molar refractivity (Wildman–Crippen MR) is 104 cm³/mol. The molecule has 0 saturated heterocycles. The monoisotopic (exact) mass is 382 g/mol. The Hall–Kier alpha value is -3.55. The molecule has 0 aliphatic heterocycles. The van der Waals surface area contributed by atoms with E-state index in [1.54, 1.807) is 39.3 Å². The Labute approximate surface area is 162 Å². The first-order valence-electron chi connectivity index (χ1n) is 8.74. The van der Waals surface area contributed by atoms with Gasteiger partial charge in [-0.05, 0) is 43.2 Å². The summed E-state index contributed by atoms with van der Waals surface area (Å²) in [6.07, 6.45) is 2.19. The number of nitrogens with zero attached hydrogens (tertiary/aromatic N) is 2. The van der Waals surface area contributed by atoms with Gasteiger partial charge in [0.05, 0.1) is 19.8 Å². The van der Waals surface area contributed by atoms with Gasteiger partial charge in [0.25, 0.3) is 5.91 Å². The SMILES string of the molecule is COc1ccc(CCNC(=O)c2ccc(Nc3cc(C)on3)nc2)cc1OC. The lowest BCUT2D eigenvalue weighted by atomic mass is 10.1. The predicted octanol–water partition coefficient (Wildman–Crippen LogP) is 3.11. The van der Waals surface area contributed by atoms with Crippen molar-refractivity contribution in [2.75, 3.05) is 26.1 Å². The summed E-state index contributed by atoms with van der Waals surface area (Å²) in [6.45, 7) is 2.30. The summed E-state index contributed by atoms with van der Waals surface area (Å²) in [5, 5.41) is 9.73. The molecule has 0 aliphatic carbocycles. The Morgan fingerprint density at radius 1 is 1.07 bits per heavy atom. The van der Waals surface area contributed by atoms with E-state index in [1.807, 2.05) is 18.2 Å². The van der Waals surface area contributed by atoms with E-state index in [1.165, 1.54) is 6.20 Å². The minimum Gasteiger partial charge on any atom is -0.493 e. The number of ether oxygens (including phenoxy) is 2. The van der Waals surface area contributed by atoms with Crippen molar-refractivity contribution >= 4 is 17.5 Å². The zero-order chi connectivity index (χ0) is 19.9. The first-order chi connectivity index (χ1) is 13.6. The molecule has 2 heterocycles. The van der Waals surface area contributed by atoms with Crippen molar-refractivity contribution in [1.82, 2.24) is 15.5 Å². The van der Waals surface area contributed by atoms with Gasteiger partial charge in [0.2, 0.25) is 0 Å². The lowest BCUT2D eigenvalue weighted by Crippen LogP contribution is -2.25. The van der Waals surface area contributed by atoms with Crippen molar-refractivity contribution in [2.45, 2.75) is 13.3 Å². The molecule has 3 rings (SSSR count). The van der Waals surface area contributed by atoms with E-state index in [4.69, 9.17) is 14.0 Å². The molecule has 0 saturated carbocycles. The summed E-state index contributed by atoms with van der Waals surface area (Å²) in [7, 11) is 3.19. The minimum atomic E-state index is -0.184. The zero-order valence-electron chi connectivity index (χ0n) is 16.0. The molecule has 28 heavy (non-hydrogen) atoms. The molecule has 0 atom stereocenters. The highest BCUT2D eigenvalue weighted by molar-refractivity contribution is 5.94. The number of hydrogen-bond acceptors (Lipinski definition) is 7. The van der Waals surface area contributed by atoms with Crippen LogP contribution >= 0.6 is 0 Å². The number of methoxy groups -OCH3 is 2. The fourth-order valence-corrected chi connectivity index (χ4v) is 2.62. The third kappa shape index (κ3) is 4.79. The van der Waals surface area contributed by atoms with Crippen LogP contribution in [0.25, 0.3) is 0 Å². The maximum atomic E-state index is 12.3. The van der Waals surface area contributed by atoms with Crippen LogP contribution in [0, 0.1) is 6.92 Å². The Bertz CT molecular complexity index is 938. The number of pyridine rings is 1. The van der Waals surface area contributed by atoms with Crippen LogP contribution in [-0.2, 0) is 6.42 Å². The van der Waals surface area contributed by atoms with E-state index in [2.05, 4.69) is 20.8 Å². The molecule has 1 aromatic carbocycles. The molecule has 2 N–H and O–H groups in total. The van der Waals surface area contributed by atoms with Crippen LogP contribution in [0.3, 0.4) is 0 Å². The van der Waals surface area contributed by atoms with Gasteiger partial charge in [-0.2, -0.15) is 0 Å². The molecule has 0 fully saturated rings. The van der Waals surface area contributed by atoms with Gasteiger partial charge in [0.1, 0.15) is 11.6 Å². The summed E-state index contributed by atoms with van der Waals surface area (Å²) in [5.41, 5.74) is 1.52. The number of benzene rings is 1. The van der Waals surface area contributed by atoms with Crippen LogP contribution in [0.4, 0.5) is 11.6 Å². The van der Waals surface area contributed by atoms with E-state index in [9.17, 15) is 4.79 Å². The first-order valence-corrected chi connectivity index (χ1v) is 8.74. The standard InChI is InChI=1S/C20H22N4O4/c1-13-10-19(24-28-13)23-18-7-5-15(12-22-18)20(25)21-9-8-14-4-6-16(26-2)17(11-14)27-3/h4-7,10-12H,8-9H2,1-3H3,(H,21,25)(H,22,23,24). The van der Waals surface area contributed by atoms with Gasteiger partial charge >= 0.3 is 0 Å². The zero-order valence-corrected chi connectivity index (χ0v) is 16.0. The molecule has 8 nitrogen and oxygen atoms in total. The van der Waals surface area contributed by atoms with Crippen molar-refractivity contribution in [1.29, 1.82) is 0 Å². The van der Waals surface area contributed by atoms with Crippen molar-refractivity contribution in [2.24, 2.45) is 0 Å². The van der Waals surface area contributed by atoms with Crippen molar-refractivity contribution < 1.29 is 18.8 Å². The van der Waals surface area contributed by atoms with Gasteiger partial charge in [-0.1, -0.05) is 11.2 Å². The largest absolute Gasteiger partial charge is 0.493 e. The van der Waals surface area contributed by atoms with Gasteiger partial charge < -0.3 is 24.6 Å². The molecule has 0 unspecified atom stereocenters. The highest BCUT2D eigenvalue weighted by Gasteiger charge is 2.08. The number of carbonyl (C=O) groups is 1. The van der Waals surface area contributed by atoms with E-state index in [0.29, 0.717) is 47.4 Å². The molecule has 0 bridgehead atoms. The van der Waals surface area contributed by atoms with Gasteiger partial charge in [0, 0.05) is 18.8 Å². The van der Waals surface area contributed by atoms with Crippen LogP contribution in [-0.4, -0.2) is 36.8 Å². The lowest BCUT2D eigenvalue weighted by Gasteiger charge is -2.10. The number of amides is 1. The summed E-state index contributed by atoms with van der Waals surface area (Å²) >= 11 is 0. The minimum absolute atomic E-state index is 0.184. The molecule has 1 amide bonds. The second-order valence-corrected chi connectivity index (χ2v) is 6.08. The summed E-state index contributed by atoms with van der Waals surface area (Å²) in [6, 6.07) is 10.9. The fraction of sp³-hybridized carbons (Fsp3) is 0.250. The molecule has 3 aromatic rings. The molecule has 0 radical (unpaired) electrons. The highest BCUT2D eigenvalue weighted by atomic mass is 16.5. The molecule has 146 valence electrons. The van der Waals surface area contributed by atoms with Crippen LogP contribution in [0.1, 0.15) is 21.7 Å². The Morgan fingerprint density at radius 3 is 2.54 bits per heavy atom. The molecular weight excluding hydrogens is 360 g/mol. The van der Waals surface area contributed by atoms with Gasteiger partial charge in [-0.3, -0.25) is 4.79 Å². The second kappa shape index (κ2) is 8.90. The average Bonchev–Trinajstić information content (AvgIpc) is 3.12. The van der Waals surface area contributed by atoms with E-state index >= 15 is 0 Å². The number of carbonyl (C=O) groups excluding carboxylic acids is 1. The van der Waals surface area contributed by atoms with Crippen LogP contribution in [0.2, 0.25) is 0 Å². The van der Waals surface area contributed by atoms with Gasteiger partial charge in [0.15, 0.2) is 17.3 Å². The maximum absolute atomic E-state index is 12.3. The molecular formula is C20H22N4O4. The number of rotatable bonds is 8. The van der Waals surface area contributed by atoms with Crippen molar-refractivity contribution in [3.05, 3.63) is 59.5 Å². The first kappa shape index (κ1) is 19.2. The van der Waals surface area contributed by atoms with E-state index < -0.39 is 0 Å². The lowest BCUT2D eigenvalue weighted by molar-refractivity contribution is 0.0954. The topological polar surface area (TPSA) is 98.5 Å². The Kier molecular flexibility index (Phi) is 6.11.